The molecule has 2 aromatic rings. The first-order valence-corrected chi connectivity index (χ1v) is 10.0. The highest BCUT2D eigenvalue weighted by atomic mass is 79.9. The monoisotopic (exact) mass is 405 g/mol. The van der Waals surface area contributed by atoms with E-state index in [1.807, 2.05) is 16.8 Å². The summed E-state index contributed by atoms with van der Waals surface area (Å²) in [6, 6.07) is 6.79. The zero-order valence-electron chi connectivity index (χ0n) is 11.0. The third-order valence-corrected chi connectivity index (χ3v) is 7.20. The number of nitrogens with zero attached hydrogens (tertiary/aromatic N) is 1. The van der Waals surface area contributed by atoms with Crippen LogP contribution in [0.2, 0.25) is 5.02 Å². The van der Waals surface area contributed by atoms with Crippen molar-refractivity contribution in [1.29, 1.82) is 0 Å². The van der Waals surface area contributed by atoms with Crippen molar-refractivity contribution in [2.24, 2.45) is 0 Å². The fraction of sp³-hybridized carbons (Fsp3) is 0.286. The Morgan fingerprint density at radius 2 is 2.14 bits per heavy atom. The first-order valence-electron chi connectivity index (χ1n) is 6.49. The molecule has 0 N–H and O–H groups in total. The number of rotatable bonds is 3. The van der Waals surface area contributed by atoms with Crippen molar-refractivity contribution in [1.82, 2.24) is 4.31 Å². The molecular weight excluding hydrogens is 394 g/mol. The molecule has 1 fully saturated rings. The van der Waals surface area contributed by atoms with Gasteiger partial charge in [-0.15, -0.1) is 0 Å². The first kappa shape index (κ1) is 15.5. The Labute approximate surface area is 141 Å². The number of sulfonamides is 1. The smallest absolute Gasteiger partial charge is 0.207 e. The minimum absolute atomic E-state index is 0.0824. The minimum atomic E-state index is -3.58. The fourth-order valence-electron chi connectivity index (χ4n) is 2.64. The van der Waals surface area contributed by atoms with E-state index in [2.05, 4.69) is 15.9 Å². The van der Waals surface area contributed by atoms with Crippen molar-refractivity contribution in [3.63, 3.8) is 0 Å². The molecule has 1 unspecified atom stereocenters. The molecule has 112 valence electrons. The van der Waals surface area contributed by atoms with Gasteiger partial charge in [-0.05, 0) is 53.4 Å². The van der Waals surface area contributed by atoms with Gasteiger partial charge in [-0.25, -0.2) is 8.42 Å². The highest BCUT2D eigenvalue weighted by Gasteiger charge is 2.37. The predicted molar refractivity (Wildman–Crippen MR) is 89.3 cm³/mol. The molecule has 0 aliphatic carbocycles. The molecule has 0 radical (unpaired) electrons. The third kappa shape index (κ3) is 2.92. The van der Waals surface area contributed by atoms with E-state index in [0.717, 1.165) is 22.9 Å². The van der Waals surface area contributed by atoms with Crippen LogP contribution < -0.4 is 0 Å². The summed E-state index contributed by atoms with van der Waals surface area (Å²) in [5.41, 5.74) is 1.06. The molecular formula is C14H13BrClNO2S2. The molecule has 0 bridgehead atoms. The van der Waals surface area contributed by atoms with Gasteiger partial charge in [0.15, 0.2) is 0 Å². The Kier molecular flexibility index (Phi) is 4.43. The van der Waals surface area contributed by atoms with E-state index >= 15 is 0 Å². The van der Waals surface area contributed by atoms with Gasteiger partial charge in [0.25, 0.3) is 0 Å². The molecule has 1 saturated heterocycles. The summed E-state index contributed by atoms with van der Waals surface area (Å²) in [6.45, 7) is 0.537. The van der Waals surface area contributed by atoms with Crippen LogP contribution in [-0.4, -0.2) is 19.3 Å². The van der Waals surface area contributed by atoms with Gasteiger partial charge in [-0.2, -0.15) is 15.6 Å². The Bertz CT molecular complexity index is 746. The van der Waals surface area contributed by atoms with Crippen LogP contribution in [0.4, 0.5) is 0 Å². The number of benzene rings is 1. The van der Waals surface area contributed by atoms with Crippen LogP contribution >= 0.6 is 38.9 Å². The predicted octanol–water partition coefficient (Wildman–Crippen LogP) is 4.69. The Morgan fingerprint density at radius 1 is 1.33 bits per heavy atom. The summed E-state index contributed by atoms with van der Waals surface area (Å²) in [7, 11) is -3.58. The second kappa shape index (κ2) is 6.01. The molecule has 21 heavy (non-hydrogen) atoms. The lowest BCUT2D eigenvalue weighted by molar-refractivity contribution is 0.397. The number of thiophene rings is 1. The topological polar surface area (TPSA) is 37.4 Å². The minimum Gasteiger partial charge on any atom is -0.207 e. The molecule has 0 spiro atoms. The molecule has 3 rings (SSSR count). The molecule has 1 aromatic carbocycles. The number of halogens is 2. The van der Waals surface area contributed by atoms with Crippen molar-refractivity contribution >= 4 is 48.9 Å². The van der Waals surface area contributed by atoms with Crippen molar-refractivity contribution in [2.45, 2.75) is 23.8 Å². The van der Waals surface area contributed by atoms with Crippen molar-refractivity contribution in [3.8, 4) is 0 Å². The van der Waals surface area contributed by atoms with Gasteiger partial charge in [0.1, 0.15) is 4.90 Å². The lowest BCUT2D eigenvalue weighted by Crippen LogP contribution is -2.30. The van der Waals surface area contributed by atoms with Crippen LogP contribution in [0.3, 0.4) is 0 Å². The maximum absolute atomic E-state index is 12.9. The Hall–Kier alpha value is -0.400. The normalized spacial score (nSPS) is 20.0. The molecule has 3 nitrogen and oxygen atoms in total. The Morgan fingerprint density at radius 3 is 2.81 bits per heavy atom. The largest absolute Gasteiger partial charge is 0.245 e. The van der Waals surface area contributed by atoms with Gasteiger partial charge in [0.2, 0.25) is 10.0 Å². The maximum Gasteiger partial charge on any atom is 0.245 e. The van der Waals surface area contributed by atoms with E-state index in [1.165, 1.54) is 0 Å². The van der Waals surface area contributed by atoms with Gasteiger partial charge in [-0.3, -0.25) is 0 Å². The SMILES string of the molecule is O=S(=O)(c1ccc(Br)cc1Cl)N1CCCC1c1ccsc1. The van der Waals surface area contributed by atoms with Gasteiger partial charge in [0.05, 0.1) is 11.1 Å². The quantitative estimate of drug-likeness (QED) is 0.741. The van der Waals surface area contributed by atoms with Crippen LogP contribution in [0.1, 0.15) is 24.4 Å². The van der Waals surface area contributed by atoms with Crippen LogP contribution in [-0.2, 0) is 10.0 Å². The second-order valence-electron chi connectivity index (χ2n) is 4.91. The molecule has 1 atom stereocenters. The lowest BCUT2D eigenvalue weighted by atomic mass is 10.1. The average Bonchev–Trinajstić information content (AvgIpc) is 3.09. The lowest BCUT2D eigenvalue weighted by Gasteiger charge is -2.24. The van der Waals surface area contributed by atoms with Crippen molar-refractivity contribution in [3.05, 3.63) is 50.1 Å². The summed E-state index contributed by atoms with van der Waals surface area (Å²) < 4.78 is 28.1. The molecule has 0 saturated carbocycles. The molecule has 0 amide bonds. The summed E-state index contributed by atoms with van der Waals surface area (Å²) in [5, 5.41) is 4.24. The van der Waals surface area contributed by atoms with Crippen LogP contribution in [0.25, 0.3) is 0 Å². The summed E-state index contributed by atoms with van der Waals surface area (Å²) in [5.74, 6) is 0. The molecule has 1 aliphatic rings. The highest BCUT2D eigenvalue weighted by molar-refractivity contribution is 9.10. The van der Waals surface area contributed by atoms with E-state index in [4.69, 9.17) is 11.6 Å². The first-order chi connectivity index (χ1) is 10.00. The summed E-state index contributed by atoms with van der Waals surface area (Å²) in [4.78, 5) is 0.175. The number of hydrogen-bond acceptors (Lipinski definition) is 3. The third-order valence-electron chi connectivity index (χ3n) is 3.61. The molecule has 7 heteroatoms. The van der Waals surface area contributed by atoms with Crippen LogP contribution in [0.15, 0.2) is 44.4 Å². The summed E-state index contributed by atoms with van der Waals surface area (Å²) >= 11 is 11.0. The molecule has 2 heterocycles. The van der Waals surface area contributed by atoms with E-state index in [0.29, 0.717) is 6.54 Å². The van der Waals surface area contributed by atoms with Crippen LogP contribution in [0, 0.1) is 0 Å². The van der Waals surface area contributed by atoms with E-state index in [-0.39, 0.29) is 16.0 Å². The summed E-state index contributed by atoms with van der Waals surface area (Å²) in [6.07, 6.45) is 1.72. The van der Waals surface area contributed by atoms with Gasteiger partial charge in [0, 0.05) is 11.0 Å². The Balaban J connectivity index is 2.01. The van der Waals surface area contributed by atoms with Gasteiger partial charge < -0.3 is 0 Å². The van der Waals surface area contributed by atoms with E-state index in [1.54, 1.807) is 33.8 Å². The highest BCUT2D eigenvalue weighted by Crippen LogP contribution is 2.39. The van der Waals surface area contributed by atoms with Gasteiger partial charge >= 0.3 is 0 Å². The molecule has 1 aromatic heterocycles. The number of hydrogen-bond donors (Lipinski definition) is 0. The average molecular weight is 407 g/mol. The van der Waals surface area contributed by atoms with Gasteiger partial charge in [-0.1, -0.05) is 27.5 Å². The standard InChI is InChI=1S/C14H13BrClNO2S2/c15-11-3-4-14(12(16)8-11)21(18,19)17-6-1-2-13(17)10-5-7-20-9-10/h3-5,7-9,13H,1-2,6H2. The zero-order chi connectivity index (χ0) is 15.0. The van der Waals surface area contributed by atoms with Crippen LogP contribution in [0.5, 0.6) is 0 Å². The fourth-order valence-corrected chi connectivity index (χ4v) is 6.04. The second-order valence-corrected chi connectivity index (χ2v) is 8.87. The van der Waals surface area contributed by atoms with E-state index < -0.39 is 10.0 Å². The maximum atomic E-state index is 12.9. The van der Waals surface area contributed by atoms with Crippen molar-refractivity contribution in [2.75, 3.05) is 6.54 Å². The molecule has 1 aliphatic heterocycles. The van der Waals surface area contributed by atoms with E-state index in [9.17, 15) is 8.42 Å². The zero-order valence-corrected chi connectivity index (χ0v) is 15.0. The van der Waals surface area contributed by atoms with Crippen molar-refractivity contribution < 1.29 is 8.42 Å².